The Morgan fingerprint density at radius 1 is 0.944 bits per heavy atom. The summed E-state index contributed by atoms with van der Waals surface area (Å²) in [4.78, 5) is 12.8. The van der Waals surface area contributed by atoms with Gasteiger partial charge < -0.3 is 10.1 Å². The number of nitrogens with zero attached hydrogens (tertiary/aromatic N) is 1. The number of carbonyl (C=O) groups is 1. The van der Waals surface area contributed by atoms with E-state index in [1.54, 1.807) is 0 Å². The quantitative estimate of drug-likeness (QED) is 0.0738. The van der Waals surface area contributed by atoms with E-state index in [9.17, 15) is 4.79 Å². The number of hydrogen-bond acceptors (Lipinski definition) is 3. The molecule has 4 nitrogen and oxygen atoms in total. The van der Waals surface area contributed by atoms with Crippen LogP contribution < -0.4 is 0 Å². The zero-order valence-corrected chi connectivity index (χ0v) is 24.1. The van der Waals surface area contributed by atoms with E-state index in [2.05, 4.69) is 33.6 Å². The lowest BCUT2D eigenvalue weighted by atomic mass is 9.94. The molecule has 1 heterocycles. The van der Waals surface area contributed by atoms with Gasteiger partial charge in [-0.05, 0) is 37.7 Å². The minimum atomic E-state index is -0.0456. The fourth-order valence-electron chi connectivity index (χ4n) is 5.64. The maximum atomic E-state index is 12.8. The van der Waals surface area contributed by atoms with Gasteiger partial charge in [-0.3, -0.25) is 9.28 Å². The zero-order chi connectivity index (χ0) is 26.2. The van der Waals surface area contributed by atoms with E-state index in [1.807, 2.05) is 0 Å². The monoisotopic (exact) mass is 501 g/mol. The number of nitrogens with one attached hydrogen (secondary N) is 1. The summed E-state index contributed by atoms with van der Waals surface area (Å²) in [6.45, 7) is 10.6. The number of rotatable bonds is 21. The molecule has 2 aliphatic rings. The fourth-order valence-corrected chi connectivity index (χ4v) is 5.64. The van der Waals surface area contributed by atoms with Gasteiger partial charge in [-0.1, -0.05) is 104 Å². The van der Waals surface area contributed by atoms with Crippen LogP contribution in [0.4, 0.5) is 0 Å². The highest BCUT2D eigenvalue weighted by Gasteiger charge is 2.48. The summed E-state index contributed by atoms with van der Waals surface area (Å²) >= 11 is 0. The summed E-state index contributed by atoms with van der Waals surface area (Å²) in [5.41, 5.74) is 2.80. The molecule has 4 heteroatoms. The molecule has 0 spiro atoms. The van der Waals surface area contributed by atoms with Gasteiger partial charge in [-0.15, -0.1) is 0 Å². The molecule has 206 valence electrons. The van der Waals surface area contributed by atoms with Crippen LogP contribution in [-0.4, -0.2) is 42.5 Å². The molecule has 2 atom stereocenters. The van der Waals surface area contributed by atoms with Crippen molar-refractivity contribution in [3.8, 4) is 0 Å². The molecule has 0 aromatic carbocycles. The molecular weight excluding hydrogens is 444 g/mol. The summed E-state index contributed by atoms with van der Waals surface area (Å²) in [5, 5.41) is 8.59. The van der Waals surface area contributed by atoms with Crippen molar-refractivity contribution in [2.45, 2.75) is 142 Å². The lowest BCUT2D eigenvalue weighted by molar-refractivity contribution is -0.951. The van der Waals surface area contributed by atoms with Gasteiger partial charge in [0.2, 0.25) is 6.23 Å². The van der Waals surface area contributed by atoms with Crippen molar-refractivity contribution in [3.05, 3.63) is 23.8 Å². The minimum absolute atomic E-state index is 0.0102. The van der Waals surface area contributed by atoms with Crippen molar-refractivity contribution in [2.75, 3.05) is 20.1 Å². The molecule has 1 N–H and O–H groups in total. The number of hydrogen-bond donors (Lipinski definition) is 1. The molecule has 0 amide bonds. The average Bonchev–Trinajstić information content (AvgIpc) is 3.70. The fraction of sp³-hybridized carbons (Fsp3) is 0.812. The Labute approximate surface area is 223 Å². The van der Waals surface area contributed by atoms with Crippen LogP contribution in [0.5, 0.6) is 0 Å². The number of unbranched alkanes of at least 4 members (excludes halogenated alkanes) is 12. The highest BCUT2D eigenvalue weighted by atomic mass is 16.6. The van der Waals surface area contributed by atoms with Crippen LogP contribution in [0.25, 0.3) is 0 Å². The first-order valence-corrected chi connectivity index (χ1v) is 15.4. The third-order valence-corrected chi connectivity index (χ3v) is 8.22. The van der Waals surface area contributed by atoms with Crippen LogP contribution in [0, 0.1) is 11.3 Å². The Hall–Kier alpha value is -1.42. The van der Waals surface area contributed by atoms with Gasteiger partial charge >= 0.3 is 5.97 Å². The topological polar surface area (TPSA) is 50.1 Å². The molecule has 0 saturated heterocycles. The van der Waals surface area contributed by atoms with E-state index < -0.39 is 0 Å². The van der Waals surface area contributed by atoms with Crippen molar-refractivity contribution in [1.29, 1.82) is 5.41 Å². The summed E-state index contributed by atoms with van der Waals surface area (Å²) in [5.74, 6) is 0.483. The van der Waals surface area contributed by atoms with Gasteiger partial charge in [0.1, 0.15) is 6.54 Å². The Balaban J connectivity index is 1.76. The largest absolute Gasteiger partial charge is 0.412 e. The highest BCUT2D eigenvalue weighted by molar-refractivity contribution is 6.01. The molecule has 36 heavy (non-hydrogen) atoms. The number of esters is 1. The molecule has 2 rings (SSSR count). The SMILES string of the molecule is C=C(C(=N)CCCCCCC)C1=CCC[N+](C)(C(OC(=O)CCCCCCCCCCC)C2CC2)C1. The standard InChI is InChI=1S/C32H57N2O2/c1-5-7-9-11-12-13-14-16-18-22-31(35)36-32(28-23-24-28)34(4)25-19-20-29(26-34)27(3)30(33)21-17-15-10-8-6-2/h20,28,32-33H,3,5-19,21-26H2,1-2,4H3/q+1. The van der Waals surface area contributed by atoms with Crippen molar-refractivity contribution in [1.82, 2.24) is 0 Å². The molecule has 0 aromatic heterocycles. The van der Waals surface area contributed by atoms with E-state index in [4.69, 9.17) is 10.1 Å². The number of ether oxygens (including phenoxy) is 1. The predicted molar refractivity (Wildman–Crippen MR) is 153 cm³/mol. The molecule has 0 aromatic rings. The average molecular weight is 502 g/mol. The maximum absolute atomic E-state index is 12.8. The van der Waals surface area contributed by atoms with Crippen LogP contribution in [0.3, 0.4) is 0 Å². The highest BCUT2D eigenvalue weighted by Crippen LogP contribution is 2.40. The van der Waals surface area contributed by atoms with Crippen molar-refractivity contribution < 1.29 is 14.0 Å². The molecule has 1 aliphatic carbocycles. The summed E-state index contributed by atoms with van der Waals surface area (Å²) < 4.78 is 6.96. The molecule has 0 bridgehead atoms. The second kappa shape index (κ2) is 17.2. The van der Waals surface area contributed by atoms with Crippen LogP contribution in [-0.2, 0) is 9.53 Å². The van der Waals surface area contributed by atoms with Crippen LogP contribution in [0.2, 0.25) is 0 Å². The van der Waals surface area contributed by atoms with Gasteiger partial charge in [-0.2, -0.15) is 0 Å². The smallest absolute Gasteiger partial charge is 0.310 e. The molecular formula is C32H57N2O2+. The van der Waals surface area contributed by atoms with E-state index >= 15 is 0 Å². The lowest BCUT2D eigenvalue weighted by Crippen LogP contribution is -2.58. The van der Waals surface area contributed by atoms with Gasteiger partial charge in [-0.25, -0.2) is 0 Å². The van der Waals surface area contributed by atoms with E-state index in [0.717, 1.165) is 68.1 Å². The van der Waals surface area contributed by atoms with Gasteiger partial charge in [0.25, 0.3) is 0 Å². The van der Waals surface area contributed by atoms with Crippen LogP contribution in [0.1, 0.15) is 136 Å². The Morgan fingerprint density at radius 2 is 1.47 bits per heavy atom. The van der Waals surface area contributed by atoms with Crippen LogP contribution in [0.15, 0.2) is 23.8 Å². The van der Waals surface area contributed by atoms with Gasteiger partial charge in [0, 0.05) is 30.0 Å². The second-order valence-corrected chi connectivity index (χ2v) is 11.8. The van der Waals surface area contributed by atoms with Crippen molar-refractivity contribution in [3.63, 3.8) is 0 Å². The first-order valence-electron chi connectivity index (χ1n) is 15.4. The number of likely N-dealkylation sites (N-methyl/N-ethyl adjacent to an activating group) is 1. The first kappa shape index (κ1) is 30.8. The Morgan fingerprint density at radius 3 is 2.03 bits per heavy atom. The second-order valence-electron chi connectivity index (χ2n) is 11.8. The third kappa shape index (κ3) is 11.3. The van der Waals surface area contributed by atoms with E-state index in [1.165, 1.54) is 76.2 Å². The molecule has 0 radical (unpaired) electrons. The zero-order valence-electron chi connectivity index (χ0n) is 24.1. The van der Waals surface area contributed by atoms with E-state index in [0.29, 0.717) is 18.1 Å². The molecule has 1 fully saturated rings. The Bertz CT molecular complexity index is 709. The number of quaternary nitrogens is 1. The number of carbonyl (C=O) groups excluding carboxylic acids is 1. The maximum Gasteiger partial charge on any atom is 0.310 e. The summed E-state index contributed by atoms with van der Waals surface area (Å²) in [6, 6.07) is 0. The first-order chi connectivity index (χ1) is 17.4. The normalized spacial score (nSPS) is 20.6. The Kier molecular flexibility index (Phi) is 14.7. The van der Waals surface area contributed by atoms with Gasteiger partial charge in [0.05, 0.1) is 13.6 Å². The lowest BCUT2D eigenvalue weighted by Gasteiger charge is -2.43. The minimum Gasteiger partial charge on any atom is -0.412 e. The van der Waals surface area contributed by atoms with Crippen molar-refractivity contribution >= 4 is 11.7 Å². The summed E-state index contributed by atoms with van der Waals surface area (Å²) in [6.07, 6.45) is 24.3. The predicted octanol–water partition coefficient (Wildman–Crippen LogP) is 8.90. The third-order valence-electron chi connectivity index (χ3n) is 8.22. The summed E-state index contributed by atoms with van der Waals surface area (Å²) in [7, 11) is 2.25. The molecule has 1 saturated carbocycles. The molecule has 1 aliphatic heterocycles. The van der Waals surface area contributed by atoms with Crippen molar-refractivity contribution in [2.24, 2.45) is 5.92 Å². The molecule has 2 unspecified atom stereocenters. The van der Waals surface area contributed by atoms with Crippen LogP contribution >= 0.6 is 0 Å². The van der Waals surface area contributed by atoms with E-state index in [-0.39, 0.29) is 12.2 Å². The van der Waals surface area contributed by atoms with Gasteiger partial charge in [0.15, 0.2) is 0 Å².